The van der Waals surface area contributed by atoms with E-state index in [0.717, 1.165) is 5.56 Å². The molecule has 0 saturated heterocycles. The molecule has 3 N–H and O–H groups in total. The minimum atomic E-state index is -0.596. The number of hydrogen-bond donors (Lipinski definition) is 3. The number of carbonyl (C=O) groups is 3. The molecule has 0 aliphatic carbocycles. The number of hydrogen-bond acceptors (Lipinski definition) is 4. The molecule has 0 saturated carbocycles. The molecule has 2 aromatic rings. The second-order valence-electron chi connectivity index (χ2n) is 5.49. The first-order valence-corrected chi connectivity index (χ1v) is 8.61. The van der Waals surface area contributed by atoms with Crippen molar-refractivity contribution in [2.45, 2.75) is 6.92 Å². The van der Waals surface area contributed by atoms with Crippen molar-refractivity contribution in [2.75, 3.05) is 13.2 Å². The van der Waals surface area contributed by atoms with Gasteiger partial charge in [0.15, 0.2) is 6.61 Å². The van der Waals surface area contributed by atoms with E-state index in [0.29, 0.717) is 21.4 Å². The van der Waals surface area contributed by atoms with Crippen molar-refractivity contribution < 1.29 is 19.1 Å². The van der Waals surface area contributed by atoms with E-state index in [1.807, 2.05) is 6.92 Å². The van der Waals surface area contributed by atoms with Crippen LogP contribution in [0, 0.1) is 6.92 Å². The maximum Gasteiger partial charge on any atom is 0.276 e. The van der Waals surface area contributed by atoms with Gasteiger partial charge in [0.25, 0.3) is 17.7 Å². The van der Waals surface area contributed by atoms with Crippen molar-refractivity contribution in [1.29, 1.82) is 0 Å². The molecule has 142 valence electrons. The molecule has 0 spiro atoms. The summed E-state index contributed by atoms with van der Waals surface area (Å²) in [6, 6.07) is 11.3. The third-order valence-electron chi connectivity index (χ3n) is 3.34. The van der Waals surface area contributed by atoms with Gasteiger partial charge in [0.05, 0.1) is 6.54 Å². The van der Waals surface area contributed by atoms with Gasteiger partial charge in [-0.05, 0) is 48.9 Å². The van der Waals surface area contributed by atoms with E-state index in [4.69, 9.17) is 27.9 Å². The molecule has 0 fully saturated rings. The Balaban J connectivity index is 1.69. The zero-order valence-electron chi connectivity index (χ0n) is 14.3. The second kappa shape index (κ2) is 9.80. The van der Waals surface area contributed by atoms with Gasteiger partial charge in [0, 0.05) is 15.6 Å². The average molecular weight is 410 g/mol. The molecule has 0 heterocycles. The van der Waals surface area contributed by atoms with Crippen LogP contribution in [0.3, 0.4) is 0 Å². The summed E-state index contributed by atoms with van der Waals surface area (Å²) < 4.78 is 5.30. The van der Waals surface area contributed by atoms with Gasteiger partial charge < -0.3 is 10.1 Å². The number of halogens is 2. The minimum absolute atomic E-state index is 0.295. The zero-order valence-corrected chi connectivity index (χ0v) is 15.9. The number of benzene rings is 2. The lowest BCUT2D eigenvalue weighted by atomic mass is 10.2. The lowest BCUT2D eigenvalue weighted by Gasteiger charge is -2.10. The first kappa shape index (κ1) is 20.5. The summed E-state index contributed by atoms with van der Waals surface area (Å²) in [5, 5.41) is 3.42. The van der Waals surface area contributed by atoms with Crippen LogP contribution in [0.15, 0.2) is 42.5 Å². The van der Waals surface area contributed by atoms with E-state index in [9.17, 15) is 14.4 Å². The van der Waals surface area contributed by atoms with Crippen LogP contribution in [0.25, 0.3) is 0 Å². The van der Waals surface area contributed by atoms with Crippen LogP contribution in [0.2, 0.25) is 10.0 Å². The summed E-state index contributed by atoms with van der Waals surface area (Å²) in [6.45, 7) is 1.20. The Morgan fingerprint density at radius 3 is 2.44 bits per heavy atom. The zero-order chi connectivity index (χ0) is 19.8. The van der Waals surface area contributed by atoms with Gasteiger partial charge in [-0.2, -0.15) is 0 Å². The predicted molar refractivity (Wildman–Crippen MR) is 102 cm³/mol. The van der Waals surface area contributed by atoms with Crippen LogP contribution < -0.4 is 20.9 Å². The SMILES string of the molecule is Cc1cc(OCC(=O)NNC(=O)CNC(=O)c2cccc(Cl)c2)ccc1Cl. The largest absolute Gasteiger partial charge is 0.484 e. The summed E-state index contributed by atoms with van der Waals surface area (Å²) in [5.41, 5.74) is 5.51. The van der Waals surface area contributed by atoms with Crippen molar-refractivity contribution in [3.8, 4) is 5.75 Å². The number of nitrogens with one attached hydrogen (secondary N) is 3. The molecule has 0 aliphatic rings. The van der Waals surface area contributed by atoms with E-state index in [2.05, 4.69) is 16.2 Å². The highest BCUT2D eigenvalue weighted by atomic mass is 35.5. The highest BCUT2D eigenvalue weighted by Gasteiger charge is 2.10. The van der Waals surface area contributed by atoms with Crippen LogP contribution >= 0.6 is 23.2 Å². The summed E-state index contributed by atoms with van der Waals surface area (Å²) in [5.74, 6) is -1.13. The first-order valence-electron chi connectivity index (χ1n) is 7.85. The Hall–Kier alpha value is -2.77. The third-order valence-corrected chi connectivity index (χ3v) is 4.00. The molecule has 0 atom stereocenters. The van der Waals surface area contributed by atoms with E-state index in [-0.39, 0.29) is 13.2 Å². The number of carbonyl (C=O) groups excluding carboxylic acids is 3. The van der Waals surface area contributed by atoms with Gasteiger partial charge in [0.2, 0.25) is 0 Å². The smallest absolute Gasteiger partial charge is 0.276 e. The molecule has 0 unspecified atom stereocenters. The molecule has 9 heteroatoms. The Morgan fingerprint density at radius 1 is 1.00 bits per heavy atom. The van der Waals surface area contributed by atoms with Crippen LogP contribution in [-0.2, 0) is 9.59 Å². The van der Waals surface area contributed by atoms with Crippen molar-refractivity contribution in [1.82, 2.24) is 16.2 Å². The van der Waals surface area contributed by atoms with E-state index < -0.39 is 17.7 Å². The molecule has 3 amide bonds. The summed E-state index contributed by atoms with van der Waals surface area (Å²) >= 11 is 11.7. The van der Waals surface area contributed by atoms with E-state index in [1.165, 1.54) is 6.07 Å². The number of rotatable bonds is 6. The fraction of sp³-hybridized carbons (Fsp3) is 0.167. The van der Waals surface area contributed by atoms with Gasteiger partial charge in [0.1, 0.15) is 5.75 Å². The molecule has 2 rings (SSSR count). The van der Waals surface area contributed by atoms with E-state index in [1.54, 1.807) is 36.4 Å². The number of ether oxygens (including phenoxy) is 1. The van der Waals surface area contributed by atoms with Crippen molar-refractivity contribution in [2.24, 2.45) is 0 Å². The second-order valence-corrected chi connectivity index (χ2v) is 6.33. The van der Waals surface area contributed by atoms with Gasteiger partial charge in [-0.3, -0.25) is 25.2 Å². The molecule has 2 aromatic carbocycles. The van der Waals surface area contributed by atoms with Gasteiger partial charge in [-0.1, -0.05) is 29.3 Å². The first-order chi connectivity index (χ1) is 12.8. The Labute approximate surface area is 166 Å². The average Bonchev–Trinajstić information content (AvgIpc) is 2.65. The van der Waals surface area contributed by atoms with Crippen LogP contribution in [0.4, 0.5) is 0 Å². The van der Waals surface area contributed by atoms with Gasteiger partial charge >= 0.3 is 0 Å². The van der Waals surface area contributed by atoms with Crippen LogP contribution in [0.5, 0.6) is 5.75 Å². The normalized spacial score (nSPS) is 10.0. The molecule has 7 nitrogen and oxygen atoms in total. The Morgan fingerprint density at radius 2 is 1.74 bits per heavy atom. The maximum atomic E-state index is 11.9. The molecule has 0 bridgehead atoms. The minimum Gasteiger partial charge on any atom is -0.484 e. The highest BCUT2D eigenvalue weighted by molar-refractivity contribution is 6.31. The number of aryl methyl sites for hydroxylation is 1. The van der Waals surface area contributed by atoms with E-state index >= 15 is 0 Å². The molecular weight excluding hydrogens is 393 g/mol. The fourth-order valence-corrected chi connectivity index (χ4v) is 2.28. The van der Waals surface area contributed by atoms with Gasteiger partial charge in [-0.25, -0.2) is 0 Å². The number of amides is 3. The lowest BCUT2D eigenvalue weighted by molar-refractivity contribution is -0.129. The molecule has 27 heavy (non-hydrogen) atoms. The molecular formula is C18H17Cl2N3O4. The monoisotopic (exact) mass is 409 g/mol. The third kappa shape index (κ3) is 6.80. The number of hydrazine groups is 1. The Bertz CT molecular complexity index is 858. The topological polar surface area (TPSA) is 96.5 Å². The predicted octanol–water partition coefficient (Wildman–Crippen LogP) is 2.26. The van der Waals surface area contributed by atoms with Crippen LogP contribution in [0.1, 0.15) is 15.9 Å². The fourth-order valence-electron chi connectivity index (χ4n) is 1.97. The maximum absolute atomic E-state index is 11.9. The van der Waals surface area contributed by atoms with Crippen LogP contribution in [-0.4, -0.2) is 30.9 Å². The quantitative estimate of drug-likeness (QED) is 0.637. The summed E-state index contributed by atoms with van der Waals surface area (Å²) in [7, 11) is 0. The van der Waals surface area contributed by atoms with Gasteiger partial charge in [-0.15, -0.1) is 0 Å². The van der Waals surface area contributed by atoms with Crippen molar-refractivity contribution in [3.63, 3.8) is 0 Å². The molecule has 0 radical (unpaired) electrons. The lowest BCUT2D eigenvalue weighted by Crippen LogP contribution is -2.47. The van der Waals surface area contributed by atoms with Crippen molar-refractivity contribution >= 4 is 40.9 Å². The standard InChI is InChI=1S/C18H17Cl2N3O4/c1-11-7-14(5-6-15(11)20)27-10-17(25)23-22-16(24)9-21-18(26)12-3-2-4-13(19)8-12/h2-8H,9-10H2,1H3,(H,21,26)(H,22,24)(H,23,25). The summed E-state index contributed by atoms with van der Waals surface area (Å²) in [4.78, 5) is 35.3. The molecule has 0 aromatic heterocycles. The molecule has 0 aliphatic heterocycles. The Kier molecular flexibility index (Phi) is 7.45. The van der Waals surface area contributed by atoms with Crippen molar-refractivity contribution in [3.05, 3.63) is 63.6 Å². The highest BCUT2D eigenvalue weighted by Crippen LogP contribution is 2.20. The summed E-state index contributed by atoms with van der Waals surface area (Å²) in [6.07, 6.45) is 0.